The largest absolute Gasteiger partial charge is 0.347 e. The van der Waals surface area contributed by atoms with Gasteiger partial charge in [-0.3, -0.25) is 4.79 Å². The molecule has 1 saturated heterocycles. The van der Waals surface area contributed by atoms with Gasteiger partial charge in [0.2, 0.25) is 0 Å². The molecule has 1 atom stereocenters. The van der Waals surface area contributed by atoms with Crippen molar-refractivity contribution >= 4 is 17.4 Å². The van der Waals surface area contributed by atoms with E-state index in [1.54, 1.807) is 0 Å². The quantitative estimate of drug-likeness (QED) is 0.872. The molecule has 2 heterocycles. The minimum absolute atomic E-state index is 0.0256. The van der Waals surface area contributed by atoms with Gasteiger partial charge >= 0.3 is 0 Å². The number of rotatable bonds is 3. The van der Waals surface area contributed by atoms with Crippen molar-refractivity contribution in [2.45, 2.75) is 45.1 Å². The second-order valence-corrected chi connectivity index (χ2v) is 5.77. The Kier molecular flexibility index (Phi) is 4.66. The number of carbonyl (C=O) groups excluding carboxylic acids is 1. The third-order valence-electron chi connectivity index (χ3n) is 3.15. The first kappa shape index (κ1) is 13.4. The Morgan fingerprint density at radius 1 is 1.50 bits per heavy atom. The summed E-state index contributed by atoms with van der Waals surface area (Å²) in [5.74, 6) is 0.208. The molecule has 1 aromatic heterocycles. The van der Waals surface area contributed by atoms with E-state index in [2.05, 4.69) is 20.2 Å². The van der Waals surface area contributed by atoms with Gasteiger partial charge < -0.3 is 10.6 Å². The van der Waals surface area contributed by atoms with E-state index in [0.29, 0.717) is 4.88 Å². The number of aromatic nitrogens is 2. The van der Waals surface area contributed by atoms with Crippen LogP contribution in [0.15, 0.2) is 0 Å². The lowest BCUT2D eigenvalue weighted by molar-refractivity contribution is 0.0938. The van der Waals surface area contributed by atoms with E-state index >= 15 is 0 Å². The standard InChI is InChI=1S/C12H20N4OS/c1-8(2)10-11(18-16-15-10)12(17)14-9-5-3-4-6-13-7-9/h8-9,13H,3-7H2,1-2H3,(H,14,17). The van der Waals surface area contributed by atoms with Crippen LogP contribution in [-0.2, 0) is 0 Å². The molecule has 5 nitrogen and oxygen atoms in total. The highest BCUT2D eigenvalue weighted by Crippen LogP contribution is 2.19. The fraction of sp³-hybridized carbons (Fsp3) is 0.750. The lowest BCUT2D eigenvalue weighted by atomic mass is 10.1. The molecule has 1 aliphatic heterocycles. The smallest absolute Gasteiger partial charge is 0.265 e. The van der Waals surface area contributed by atoms with Gasteiger partial charge in [-0.25, -0.2) is 0 Å². The van der Waals surface area contributed by atoms with Crippen LogP contribution in [0.2, 0.25) is 0 Å². The fourth-order valence-corrected chi connectivity index (χ4v) is 2.85. The van der Waals surface area contributed by atoms with Crippen LogP contribution in [0.1, 0.15) is 54.4 Å². The predicted octanol–water partition coefficient (Wildman–Crippen LogP) is 1.53. The maximum absolute atomic E-state index is 12.2. The van der Waals surface area contributed by atoms with E-state index in [1.807, 2.05) is 13.8 Å². The first-order valence-electron chi connectivity index (χ1n) is 6.52. The molecule has 1 aliphatic rings. The third kappa shape index (κ3) is 3.26. The molecule has 1 fully saturated rings. The van der Waals surface area contributed by atoms with E-state index in [-0.39, 0.29) is 17.9 Å². The van der Waals surface area contributed by atoms with Crippen LogP contribution < -0.4 is 10.6 Å². The summed E-state index contributed by atoms with van der Waals surface area (Å²) in [4.78, 5) is 12.9. The minimum atomic E-state index is -0.0256. The van der Waals surface area contributed by atoms with Gasteiger partial charge in [0.1, 0.15) is 4.88 Å². The van der Waals surface area contributed by atoms with Crippen molar-refractivity contribution in [2.24, 2.45) is 0 Å². The average molecular weight is 268 g/mol. The zero-order valence-electron chi connectivity index (χ0n) is 10.9. The highest BCUT2D eigenvalue weighted by Gasteiger charge is 2.21. The molecule has 18 heavy (non-hydrogen) atoms. The van der Waals surface area contributed by atoms with Crippen molar-refractivity contribution < 1.29 is 4.79 Å². The molecule has 100 valence electrons. The van der Waals surface area contributed by atoms with Crippen LogP contribution >= 0.6 is 11.5 Å². The lowest BCUT2D eigenvalue weighted by Crippen LogP contribution is -2.40. The molecule has 1 unspecified atom stereocenters. The highest BCUT2D eigenvalue weighted by molar-refractivity contribution is 7.08. The van der Waals surface area contributed by atoms with Gasteiger partial charge in [0.15, 0.2) is 0 Å². The number of amides is 1. The van der Waals surface area contributed by atoms with Crippen molar-refractivity contribution in [1.82, 2.24) is 20.2 Å². The lowest BCUT2D eigenvalue weighted by Gasteiger charge is -2.16. The fourth-order valence-electron chi connectivity index (χ4n) is 2.13. The zero-order valence-corrected chi connectivity index (χ0v) is 11.7. The van der Waals surface area contributed by atoms with E-state index in [4.69, 9.17) is 0 Å². The Morgan fingerprint density at radius 3 is 3.11 bits per heavy atom. The van der Waals surface area contributed by atoms with Crippen molar-refractivity contribution in [3.05, 3.63) is 10.6 Å². The second kappa shape index (κ2) is 6.24. The summed E-state index contributed by atoms with van der Waals surface area (Å²) in [6.07, 6.45) is 3.39. The Hall–Kier alpha value is -1.01. The maximum Gasteiger partial charge on any atom is 0.265 e. The molecule has 0 spiro atoms. The summed E-state index contributed by atoms with van der Waals surface area (Å²) >= 11 is 1.19. The molecule has 0 saturated carbocycles. The molecular weight excluding hydrogens is 248 g/mol. The van der Waals surface area contributed by atoms with Gasteiger partial charge in [0, 0.05) is 12.6 Å². The molecule has 2 rings (SSSR count). The van der Waals surface area contributed by atoms with Crippen molar-refractivity contribution in [3.63, 3.8) is 0 Å². The summed E-state index contributed by atoms with van der Waals surface area (Å²) in [6, 6.07) is 0.224. The molecular formula is C12H20N4OS. The van der Waals surface area contributed by atoms with E-state index in [1.165, 1.54) is 18.0 Å². The van der Waals surface area contributed by atoms with Crippen molar-refractivity contribution in [2.75, 3.05) is 13.1 Å². The van der Waals surface area contributed by atoms with Crippen LogP contribution in [0.4, 0.5) is 0 Å². The van der Waals surface area contributed by atoms with Gasteiger partial charge in [-0.2, -0.15) is 0 Å². The van der Waals surface area contributed by atoms with Gasteiger partial charge in [0.25, 0.3) is 5.91 Å². The predicted molar refractivity (Wildman–Crippen MR) is 72.0 cm³/mol. The first-order valence-corrected chi connectivity index (χ1v) is 7.29. The minimum Gasteiger partial charge on any atom is -0.347 e. The Labute approximate surface area is 112 Å². The van der Waals surface area contributed by atoms with Crippen LogP contribution in [0.3, 0.4) is 0 Å². The second-order valence-electron chi connectivity index (χ2n) is 5.01. The Balaban J connectivity index is 2.00. The summed E-state index contributed by atoms with van der Waals surface area (Å²) in [5, 5.41) is 10.5. The Morgan fingerprint density at radius 2 is 2.33 bits per heavy atom. The van der Waals surface area contributed by atoms with E-state index in [9.17, 15) is 4.79 Å². The number of hydrogen-bond donors (Lipinski definition) is 2. The molecule has 0 aliphatic carbocycles. The Bertz CT molecular complexity index is 397. The molecule has 0 aromatic carbocycles. The van der Waals surface area contributed by atoms with Crippen molar-refractivity contribution in [3.8, 4) is 0 Å². The van der Waals surface area contributed by atoms with Crippen LogP contribution in [0.5, 0.6) is 0 Å². The van der Waals surface area contributed by atoms with Crippen molar-refractivity contribution in [1.29, 1.82) is 0 Å². The SMILES string of the molecule is CC(C)c1nnsc1C(=O)NC1CCCCNC1. The summed E-state index contributed by atoms with van der Waals surface area (Å²) in [7, 11) is 0. The topological polar surface area (TPSA) is 66.9 Å². The molecule has 0 bridgehead atoms. The summed E-state index contributed by atoms with van der Waals surface area (Å²) in [6.45, 7) is 5.96. The number of nitrogens with one attached hydrogen (secondary N) is 2. The number of nitrogens with zero attached hydrogens (tertiary/aromatic N) is 2. The monoisotopic (exact) mass is 268 g/mol. The number of carbonyl (C=O) groups is 1. The van der Waals surface area contributed by atoms with Crippen LogP contribution in [0.25, 0.3) is 0 Å². The molecule has 2 N–H and O–H groups in total. The molecule has 6 heteroatoms. The van der Waals surface area contributed by atoms with Gasteiger partial charge in [-0.1, -0.05) is 24.8 Å². The summed E-state index contributed by atoms with van der Waals surface area (Å²) in [5.41, 5.74) is 0.805. The molecule has 1 amide bonds. The normalized spacial score (nSPS) is 20.7. The summed E-state index contributed by atoms with van der Waals surface area (Å²) < 4.78 is 3.89. The van der Waals surface area contributed by atoms with Crippen LogP contribution in [0, 0.1) is 0 Å². The maximum atomic E-state index is 12.2. The van der Waals surface area contributed by atoms with E-state index < -0.39 is 0 Å². The average Bonchev–Trinajstić information content (AvgIpc) is 2.70. The van der Waals surface area contributed by atoms with Gasteiger partial charge in [-0.15, -0.1) is 5.10 Å². The number of hydrogen-bond acceptors (Lipinski definition) is 5. The van der Waals surface area contributed by atoms with Crippen LogP contribution in [-0.4, -0.2) is 34.6 Å². The first-order chi connectivity index (χ1) is 8.68. The highest BCUT2D eigenvalue weighted by atomic mass is 32.1. The zero-order chi connectivity index (χ0) is 13.0. The molecule has 1 aromatic rings. The van der Waals surface area contributed by atoms with Gasteiger partial charge in [-0.05, 0) is 36.8 Å². The van der Waals surface area contributed by atoms with Gasteiger partial charge in [0.05, 0.1) is 5.69 Å². The third-order valence-corrected chi connectivity index (χ3v) is 3.89. The molecule has 0 radical (unpaired) electrons. The van der Waals surface area contributed by atoms with E-state index in [0.717, 1.165) is 31.6 Å².